The molecule has 4 heteroatoms. The van der Waals surface area contributed by atoms with Crippen LogP contribution >= 0.6 is 0 Å². The molecule has 0 aliphatic carbocycles. The lowest BCUT2D eigenvalue weighted by atomic mass is 9.98. The highest BCUT2D eigenvalue weighted by molar-refractivity contribution is 5.98. The zero-order chi connectivity index (χ0) is 14.5. The molecule has 0 aliphatic heterocycles. The summed E-state index contributed by atoms with van der Waals surface area (Å²) >= 11 is 0. The smallest absolute Gasteiger partial charge is 0.169 e. The molecule has 0 saturated carbocycles. The standard InChI is InChI=1S/C16H21N3O/c1-3-13-10-14(19(2)18-13)11-16(20)15-7-5-4-6-12(15)8-9-17/h4-7,10H,3,8-9,11,17H2,1-2H3. The molecule has 2 rings (SSSR count). The van der Waals surface area contributed by atoms with Crippen molar-refractivity contribution < 1.29 is 4.79 Å². The van der Waals surface area contributed by atoms with E-state index in [1.54, 1.807) is 4.68 Å². The van der Waals surface area contributed by atoms with Crippen LogP contribution in [0, 0.1) is 0 Å². The maximum absolute atomic E-state index is 12.5. The van der Waals surface area contributed by atoms with E-state index < -0.39 is 0 Å². The number of hydrogen-bond acceptors (Lipinski definition) is 3. The Morgan fingerprint density at radius 1 is 1.35 bits per heavy atom. The van der Waals surface area contributed by atoms with Gasteiger partial charge in [0, 0.05) is 18.3 Å². The van der Waals surface area contributed by atoms with Gasteiger partial charge in [-0.1, -0.05) is 31.2 Å². The first-order valence-electron chi connectivity index (χ1n) is 6.98. The molecule has 0 unspecified atom stereocenters. The maximum atomic E-state index is 12.5. The van der Waals surface area contributed by atoms with Gasteiger partial charge in [0.1, 0.15) is 0 Å². The lowest BCUT2D eigenvalue weighted by molar-refractivity contribution is 0.0990. The van der Waals surface area contributed by atoms with E-state index in [1.807, 2.05) is 37.4 Å². The van der Waals surface area contributed by atoms with Crippen molar-refractivity contribution in [2.24, 2.45) is 12.8 Å². The molecular weight excluding hydrogens is 250 g/mol. The normalized spacial score (nSPS) is 10.8. The number of carbonyl (C=O) groups excluding carboxylic acids is 1. The Morgan fingerprint density at radius 3 is 2.75 bits per heavy atom. The fourth-order valence-corrected chi connectivity index (χ4v) is 2.34. The number of Topliss-reactive ketones (excluding diaryl/α,β-unsaturated/α-hetero) is 1. The lowest BCUT2D eigenvalue weighted by Gasteiger charge is -2.07. The number of carbonyl (C=O) groups is 1. The van der Waals surface area contributed by atoms with Crippen molar-refractivity contribution in [1.29, 1.82) is 0 Å². The van der Waals surface area contributed by atoms with Crippen molar-refractivity contribution in [3.8, 4) is 0 Å². The molecule has 0 saturated heterocycles. The molecule has 2 N–H and O–H groups in total. The van der Waals surface area contributed by atoms with Crippen LogP contribution in [0.1, 0.15) is 34.2 Å². The second-order valence-electron chi connectivity index (χ2n) is 4.90. The molecule has 0 spiro atoms. The topological polar surface area (TPSA) is 60.9 Å². The summed E-state index contributed by atoms with van der Waals surface area (Å²) < 4.78 is 1.79. The van der Waals surface area contributed by atoms with Crippen molar-refractivity contribution in [3.63, 3.8) is 0 Å². The van der Waals surface area contributed by atoms with Gasteiger partial charge in [-0.25, -0.2) is 0 Å². The van der Waals surface area contributed by atoms with Crippen LogP contribution in [-0.2, 0) is 26.3 Å². The Morgan fingerprint density at radius 2 is 2.10 bits per heavy atom. The summed E-state index contributed by atoms with van der Waals surface area (Å²) in [4.78, 5) is 12.5. The predicted molar refractivity (Wildman–Crippen MR) is 79.8 cm³/mol. The highest BCUT2D eigenvalue weighted by Crippen LogP contribution is 2.14. The van der Waals surface area contributed by atoms with Gasteiger partial charge >= 0.3 is 0 Å². The van der Waals surface area contributed by atoms with Gasteiger partial charge in [0.25, 0.3) is 0 Å². The minimum atomic E-state index is 0.125. The monoisotopic (exact) mass is 271 g/mol. The van der Waals surface area contributed by atoms with Crippen LogP contribution < -0.4 is 5.73 Å². The minimum absolute atomic E-state index is 0.125. The van der Waals surface area contributed by atoms with E-state index in [-0.39, 0.29) is 5.78 Å². The Labute approximate surface area is 119 Å². The third-order valence-electron chi connectivity index (χ3n) is 3.46. The van der Waals surface area contributed by atoms with E-state index in [4.69, 9.17) is 5.73 Å². The fourth-order valence-electron chi connectivity index (χ4n) is 2.34. The maximum Gasteiger partial charge on any atom is 0.169 e. The molecule has 0 atom stereocenters. The predicted octanol–water partition coefficient (Wildman–Crippen LogP) is 1.91. The number of benzene rings is 1. The van der Waals surface area contributed by atoms with Gasteiger partial charge < -0.3 is 5.73 Å². The van der Waals surface area contributed by atoms with Gasteiger partial charge in [-0.05, 0) is 31.0 Å². The van der Waals surface area contributed by atoms with Gasteiger partial charge in [0.15, 0.2) is 5.78 Å². The van der Waals surface area contributed by atoms with Gasteiger partial charge in [-0.15, -0.1) is 0 Å². The van der Waals surface area contributed by atoms with E-state index >= 15 is 0 Å². The summed E-state index contributed by atoms with van der Waals surface area (Å²) in [6.45, 7) is 2.61. The summed E-state index contributed by atoms with van der Waals surface area (Å²) in [7, 11) is 1.88. The number of rotatable bonds is 6. The molecule has 0 fully saturated rings. The summed E-state index contributed by atoms with van der Waals surface area (Å²) in [6, 6.07) is 9.70. The molecule has 106 valence electrons. The van der Waals surface area contributed by atoms with Crippen LogP contribution in [-0.4, -0.2) is 22.1 Å². The van der Waals surface area contributed by atoms with Crippen LogP contribution in [0.5, 0.6) is 0 Å². The molecule has 0 radical (unpaired) electrons. The van der Waals surface area contributed by atoms with Crippen LogP contribution in [0.4, 0.5) is 0 Å². The van der Waals surface area contributed by atoms with E-state index in [9.17, 15) is 4.79 Å². The first kappa shape index (κ1) is 14.5. The molecule has 2 aromatic rings. The quantitative estimate of drug-likeness (QED) is 0.816. The number of ketones is 1. The van der Waals surface area contributed by atoms with Crippen LogP contribution in [0.3, 0.4) is 0 Å². The third kappa shape index (κ3) is 3.14. The Balaban J connectivity index is 2.21. The fraction of sp³-hybridized carbons (Fsp3) is 0.375. The molecule has 1 heterocycles. The zero-order valence-electron chi connectivity index (χ0n) is 12.1. The van der Waals surface area contributed by atoms with Crippen molar-refractivity contribution in [1.82, 2.24) is 9.78 Å². The number of nitrogens with two attached hydrogens (primary N) is 1. The summed E-state index contributed by atoms with van der Waals surface area (Å²) in [5.41, 5.74) is 9.38. The number of nitrogens with zero attached hydrogens (tertiary/aromatic N) is 2. The molecule has 1 aromatic heterocycles. The Bertz CT molecular complexity index is 602. The summed E-state index contributed by atoms with van der Waals surface area (Å²) in [5.74, 6) is 0.125. The summed E-state index contributed by atoms with van der Waals surface area (Å²) in [6.07, 6.45) is 1.99. The average molecular weight is 271 g/mol. The van der Waals surface area contributed by atoms with Gasteiger partial charge in [-0.3, -0.25) is 9.48 Å². The van der Waals surface area contributed by atoms with Gasteiger partial charge in [0.05, 0.1) is 12.1 Å². The number of hydrogen-bond donors (Lipinski definition) is 1. The first-order chi connectivity index (χ1) is 9.65. The van der Waals surface area contributed by atoms with Crippen LogP contribution in [0.25, 0.3) is 0 Å². The zero-order valence-corrected chi connectivity index (χ0v) is 12.1. The van der Waals surface area contributed by atoms with Crippen LogP contribution in [0.15, 0.2) is 30.3 Å². The van der Waals surface area contributed by atoms with Gasteiger partial charge in [0.2, 0.25) is 0 Å². The van der Waals surface area contributed by atoms with Crippen LogP contribution in [0.2, 0.25) is 0 Å². The average Bonchev–Trinajstić information content (AvgIpc) is 2.80. The van der Waals surface area contributed by atoms with E-state index in [0.717, 1.165) is 35.4 Å². The van der Waals surface area contributed by atoms with Crippen molar-refractivity contribution in [2.75, 3.05) is 6.54 Å². The van der Waals surface area contributed by atoms with E-state index in [1.165, 1.54) is 0 Å². The molecule has 1 aromatic carbocycles. The van der Waals surface area contributed by atoms with Crippen molar-refractivity contribution in [2.45, 2.75) is 26.2 Å². The lowest BCUT2D eigenvalue weighted by Crippen LogP contribution is -2.12. The summed E-state index contributed by atoms with van der Waals surface area (Å²) in [5, 5.41) is 4.38. The third-order valence-corrected chi connectivity index (χ3v) is 3.46. The van der Waals surface area contributed by atoms with Crippen molar-refractivity contribution >= 4 is 5.78 Å². The minimum Gasteiger partial charge on any atom is -0.330 e. The molecular formula is C16H21N3O. The molecule has 0 bridgehead atoms. The number of aromatic nitrogens is 2. The van der Waals surface area contributed by atoms with Crippen molar-refractivity contribution in [3.05, 3.63) is 52.8 Å². The Hall–Kier alpha value is -1.94. The Kier molecular flexibility index (Phi) is 4.69. The highest BCUT2D eigenvalue weighted by atomic mass is 16.1. The highest BCUT2D eigenvalue weighted by Gasteiger charge is 2.14. The SMILES string of the molecule is CCc1cc(CC(=O)c2ccccc2CCN)n(C)n1. The van der Waals surface area contributed by atoms with E-state index in [2.05, 4.69) is 12.0 Å². The largest absolute Gasteiger partial charge is 0.330 e. The molecule has 20 heavy (non-hydrogen) atoms. The molecule has 0 aliphatic rings. The van der Waals surface area contributed by atoms with E-state index in [0.29, 0.717) is 13.0 Å². The van der Waals surface area contributed by atoms with Gasteiger partial charge in [-0.2, -0.15) is 5.10 Å². The molecule has 0 amide bonds. The first-order valence-corrected chi connectivity index (χ1v) is 6.98. The number of aryl methyl sites for hydroxylation is 2. The second kappa shape index (κ2) is 6.48. The molecule has 4 nitrogen and oxygen atoms in total. The second-order valence-corrected chi connectivity index (χ2v) is 4.90.